The molecule has 3 nitrogen and oxygen atoms in total. The number of benzene rings is 1. The van der Waals surface area contributed by atoms with E-state index < -0.39 is 0 Å². The molecule has 0 saturated carbocycles. The van der Waals surface area contributed by atoms with Crippen molar-refractivity contribution < 1.29 is 4.79 Å². The summed E-state index contributed by atoms with van der Waals surface area (Å²) in [6.45, 7) is 10.9. The van der Waals surface area contributed by atoms with Gasteiger partial charge in [0.15, 0.2) is 0 Å². The normalized spacial score (nSPS) is 11.9. The molecule has 0 aliphatic rings. The molecule has 1 aromatic carbocycles. The molecule has 0 aliphatic heterocycles. The smallest absolute Gasteiger partial charge is 0.234 e. The summed E-state index contributed by atoms with van der Waals surface area (Å²) in [7, 11) is 0. The highest BCUT2D eigenvalue weighted by Gasteiger charge is 2.14. The highest BCUT2D eigenvalue weighted by Crippen LogP contribution is 2.21. The molecule has 1 rings (SSSR count). The Morgan fingerprint density at radius 1 is 1.35 bits per heavy atom. The van der Waals surface area contributed by atoms with Crippen LogP contribution in [0.4, 0.5) is 0 Å². The van der Waals surface area contributed by atoms with E-state index in [2.05, 4.69) is 18.5 Å². The van der Waals surface area contributed by atoms with Crippen LogP contribution < -0.4 is 5.32 Å². The van der Waals surface area contributed by atoms with E-state index in [4.69, 9.17) is 11.6 Å². The van der Waals surface area contributed by atoms with Gasteiger partial charge in [0.05, 0.1) is 12.6 Å². The zero-order valence-electron chi connectivity index (χ0n) is 11.8. The van der Waals surface area contributed by atoms with Gasteiger partial charge in [-0.2, -0.15) is 0 Å². The minimum atomic E-state index is -0.120. The SMILES string of the molecule is C=CCN(CC=C)CC(=O)NC(C)c1ccccc1Cl. The molecule has 1 atom stereocenters. The molecule has 20 heavy (non-hydrogen) atoms. The summed E-state index contributed by atoms with van der Waals surface area (Å²) in [5.74, 6) is -0.0406. The lowest BCUT2D eigenvalue weighted by atomic mass is 10.1. The van der Waals surface area contributed by atoms with E-state index in [9.17, 15) is 4.79 Å². The van der Waals surface area contributed by atoms with E-state index >= 15 is 0 Å². The molecule has 0 radical (unpaired) electrons. The lowest BCUT2D eigenvalue weighted by Crippen LogP contribution is -2.38. The molecule has 4 heteroatoms. The molecule has 0 bridgehead atoms. The van der Waals surface area contributed by atoms with E-state index in [1.807, 2.05) is 36.1 Å². The van der Waals surface area contributed by atoms with E-state index in [0.29, 0.717) is 24.7 Å². The number of carbonyl (C=O) groups excluding carboxylic acids is 1. The molecular formula is C16H21ClN2O. The van der Waals surface area contributed by atoms with E-state index in [1.54, 1.807) is 12.2 Å². The summed E-state index contributed by atoms with van der Waals surface area (Å²) < 4.78 is 0. The van der Waals surface area contributed by atoms with Crippen molar-refractivity contribution in [3.63, 3.8) is 0 Å². The Hall–Kier alpha value is -1.58. The van der Waals surface area contributed by atoms with Crippen molar-refractivity contribution in [3.05, 3.63) is 60.2 Å². The molecule has 1 unspecified atom stereocenters. The van der Waals surface area contributed by atoms with Crippen LogP contribution in [-0.2, 0) is 4.79 Å². The molecule has 108 valence electrons. The van der Waals surface area contributed by atoms with Gasteiger partial charge in [-0.25, -0.2) is 0 Å². The van der Waals surface area contributed by atoms with Crippen molar-refractivity contribution in [3.8, 4) is 0 Å². The third kappa shape index (κ3) is 5.19. The van der Waals surface area contributed by atoms with Gasteiger partial charge in [-0.1, -0.05) is 42.0 Å². The third-order valence-corrected chi connectivity index (χ3v) is 3.24. The fourth-order valence-electron chi connectivity index (χ4n) is 1.96. The predicted octanol–water partition coefficient (Wildman–Crippen LogP) is 3.19. The van der Waals surface area contributed by atoms with Crippen LogP contribution in [0.5, 0.6) is 0 Å². The third-order valence-electron chi connectivity index (χ3n) is 2.89. The van der Waals surface area contributed by atoms with Gasteiger partial charge in [-0.15, -0.1) is 13.2 Å². The summed E-state index contributed by atoms with van der Waals surface area (Å²) in [5, 5.41) is 3.61. The Kier molecular flexibility index (Phi) is 7.05. The minimum Gasteiger partial charge on any atom is -0.348 e. The molecular weight excluding hydrogens is 272 g/mol. The molecule has 0 spiro atoms. The summed E-state index contributed by atoms with van der Waals surface area (Å²) in [5.41, 5.74) is 0.918. The molecule has 0 heterocycles. The molecule has 0 aliphatic carbocycles. The number of amides is 1. The lowest BCUT2D eigenvalue weighted by Gasteiger charge is -2.21. The van der Waals surface area contributed by atoms with Gasteiger partial charge in [0.2, 0.25) is 5.91 Å². The second-order valence-electron chi connectivity index (χ2n) is 4.58. The fraction of sp³-hybridized carbons (Fsp3) is 0.312. The summed E-state index contributed by atoms with van der Waals surface area (Å²) in [6, 6.07) is 7.40. The fourth-order valence-corrected chi connectivity index (χ4v) is 2.26. The Labute approximate surface area is 125 Å². The number of carbonyl (C=O) groups is 1. The molecule has 0 aromatic heterocycles. The summed E-state index contributed by atoms with van der Waals surface area (Å²) in [6.07, 6.45) is 3.54. The van der Waals surface area contributed by atoms with Crippen molar-refractivity contribution in [2.24, 2.45) is 0 Å². The van der Waals surface area contributed by atoms with Gasteiger partial charge >= 0.3 is 0 Å². The average molecular weight is 293 g/mol. The number of nitrogens with one attached hydrogen (secondary N) is 1. The predicted molar refractivity (Wildman–Crippen MR) is 84.8 cm³/mol. The lowest BCUT2D eigenvalue weighted by molar-refractivity contribution is -0.122. The number of hydrogen-bond acceptors (Lipinski definition) is 2. The second kappa shape index (κ2) is 8.56. The van der Waals surface area contributed by atoms with Gasteiger partial charge in [0.1, 0.15) is 0 Å². The highest BCUT2D eigenvalue weighted by atomic mass is 35.5. The standard InChI is InChI=1S/C16H21ClN2O/c1-4-10-19(11-5-2)12-16(20)18-13(3)14-8-6-7-9-15(14)17/h4-9,13H,1-2,10-12H2,3H3,(H,18,20). The number of halogens is 1. The molecule has 0 fully saturated rings. The maximum Gasteiger partial charge on any atom is 0.234 e. The molecule has 1 aromatic rings. The number of hydrogen-bond donors (Lipinski definition) is 1. The first-order valence-electron chi connectivity index (χ1n) is 6.56. The number of nitrogens with zero attached hydrogens (tertiary/aromatic N) is 1. The van der Waals surface area contributed by atoms with Crippen LogP contribution in [0, 0.1) is 0 Å². The molecule has 0 saturated heterocycles. The first-order valence-corrected chi connectivity index (χ1v) is 6.94. The topological polar surface area (TPSA) is 32.3 Å². The van der Waals surface area contributed by atoms with Crippen LogP contribution in [0.15, 0.2) is 49.6 Å². The first kappa shape index (κ1) is 16.5. The van der Waals surface area contributed by atoms with Crippen LogP contribution in [0.1, 0.15) is 18.5 Å². The molecule has 1 amide bonds. The van der Waals surface area contributed by atoms with Crippen LogP contribution in [0.2, 0.25) is 5.02 Å². The minimum absolute atomic E-state index is 0.0406. The quantitative estimate of drug-likeness (QED) is 0.746. The van der Waals surface area contributed by atoms with Crippen molar-refractivity contribution in [1.29, 1.82) is 0 Å². The average Bonchev–Trinajstić information content (AvgIpc) is 2.39. The van der Waals surface area contributed by atoms with Gasteiger partial charge < -0.3 is 5.32 Å². The van der Waals surface area contributed by atoms with E-state index in [0.717, 1.165) is 5.56 Å². The zero-order chi connectivity index (χ0) is 15.0. The van der Waals surface area contributed by atoms with E-state index in [-0.39, 0.29) is 11.9 Å². The highest BCUT2D eigenvalue weighted by molar-refractivity contribution is 6.31. The monoisotopic (exact) mass is 292 g/mol. The zero-order valence-corrected chi connectivity index (χ0v) is 12.6. The van der Waals surface area contributed by atoms with Crippen molar-refractivity contribution in [1.82, 2.24) is 10.2 Å². The summed E-state index contributed by atoms with van der Waals surface area (Å²) >= 11 is 6.12. The first-order chi connectivity index (χ1) is 9.58. The molecule has 1 N–H and O–H groups in total. The van der Waals surface area contributed by atoms with Crippen LogP contribution in [0.25, 0.3) is 0 Å². The van der Waals surface area contributed by atoms with E-state index in [1.165, 1.54) is 0 Å². The van der Waals surface area contributed by atoms with Gasteiger partial charge in [-0.3, -0.25) is 9.69 Å². The largest absolute Gasteiger partial charge is 0.348 e. The Morgan fingerprint density at radius 3 is 2.50 bits per heavy atom. The van der Waals surface area contributed by atoms with Crippen molar-refractivity contribution >= 4 is 17.5 Å². The van der Waals surface area contributed by atoms with Crippen LogP contribution >= 0.6 is 11.6 Å². The van der Waals surface area contributed by atoms with Crippen molar-refractivity contribution in [2.45, 2.75) is 13.0 Å². The number of rotatable bonds is 8. The maximum atomic E-state index is 12.0. The van der Waals surface area contributed by atoms with Gasteiger partial charge in [0.25, 0.3) is 0 Å². The summed E-state index contributed by atoms with van der Waals surface area (Å²) in [4.78, 5) is 14.0. The van der Waals surface area contributed by atoms with Crippen LogP contribution in [0.3, 0.4) is 0 Å². The Balaban J connectivity index is 2.59. The second-order valence-corrected chi connectivity index (χ2v) is 4.99. The maximum absolute atomic E-state index is 12.0. The van der Waals surface area contributed by atoms with Crippen molar-refractivity contribution in [2.75, 3.05) is 19.6 Å². The Morgan fingerprint density at radius 2 is 1.95 bits per heavy atom. The van der Waals surface area contributed by atoms with Crippen LogP contribution in [-0.4, -0.2) is 30.4 Å². The Bertz CT molecular complexity index is 463. The van der Waals surface area contributed by atoms with Gasteiger partial charge in [-0.05, 0) is 18.6 Å². The van der Waals surface area contributed by atoms with Gasteiger partial charge in [0, 0.05) is 18.1 Å².